The van der Waals surface area contributed by atoms with Crippen molar-refractivity contribution in [2.24, 2.45) is 5.73 Å². The number of carbonyl (C=O) groups is 2. The Labute approximate surface area is 99.9 Å². The zero-order chi connectivity index (χ0) is 11.7. The number of nitrogens with one attached hydrogen (secondary N) is 1. The normalized spacial score (nSPS) is 12.2. The number of esters is 2. The highest BCUT2D eigenvalue weighted by molar-refractivity contribution is 7.80. The van der Waals surface area contributed by atoms with Crippen LogP contribution < -0.4 is 11.1 Å². The molecule has 0 heterocycles. The first-order chi connectivity index (χ1) is 7.11. The average Bonchev–Trinajstić information content (AvgIpc) is 2.18. The molecule has 0 saturated carbocycles. The van der Waals surface area contributed by atoms with Crippen LogP contribution in [0.1, 0.15) is 6.42 Å². The topological polar surface area (TPSA) is 81.4 Å². The van der Waals surface area contributed by atoms with E-state index in [1.165, 1.54) is 0 Å². The zero-order valence-electron chi connectivity index (χ0n) is 8.31. The van der Waals surface area contributed by atoms with Crippen molar-refractivity contribution in [1.29, 1.82) is 0 Å². The highest BCUT2D eigenvalue weighted by Crippen LogP contribution is 1.94. The lowest BCUT2D eigenvalue weighted by Gasteiger charge is -2.08. The third-order valence-electron chi connectivity index (χ3n) is 1.52. The summed E-state index contributed by atoms with van der Waals surface area (Å²) in [6.07, 6.45) is 0.388. The number of ether oxygens (including phenoxy) is 1. The number of thiol groups is 2. The van der Waals surface area contributed by atoms with Crippen molar-refractivity contribution >= 4 is 37.2 Å². The highest BCUT2D eigenvalue weighted by Gasteiger charge is 2.17. The van der Waals surface area contributed by atoms with Crippen LogP contribution >= 0.6 is 25.3 Å². The van der Waals surface area contributed by atoms with Crippen LogP contribution in [0, 0.1) is 0 Å². The smallest absolute Gasteiger partial charge is 0.330 e. The molecule has 0 fully saturated rings. The fraction of sp³-hybridized carbons (Fsp3) is 0.750. The van der Waals surface area contributed by atoms with Crippen LogP contribution in [0.3, 0.4) is 0 Å². The molecule has 0 aliphatic heterocycles. The summed E-state index contributed by atoms with van der Waals surface area (Å²) in [5, 5.41) is 2.75. The number of hydrogen-bond donors (Lipinski definition) is 4. The first kappa shape index (κ1) is 14.8. The predicted molar refractivity (Wildman–Crippen MR) is 64.3 cm³/mol. The molecule has 1 atom stereocenters. The summed E-state index contributed by atoms with van der Waals surface area (Å²) in [4.78, 5) is 22.2. The Hall–Kier alpha value is -0.240. The molecule has 0 aromatic heterocycles. The zero-order valence-corrected chi connectivity index (χ0v) is 10.1. The Kier molecular flexibility index (Phi) is 8.88. The molecular formula is C8H16N2O3S2. The van der Waals surface area contributed by atoms with Crippen molar-refractivity contribution in [3.63, 3.8) is 0 Å². The third kappa shape index (κ3) is 7.66. The van der Waals surface area contributed by atoms with Gasteiger partial charge in [0.25, 0.3) is 0 Å². The summed E-state index contributed by atoms with van der Waals surface area (Å²) in [5.74, 6) is -0.249. The second-order valence-corrected chi connectivity index (χ2v) is 3.71. The van der Waals surface area contributed by atoms with Crippen molar-refractivity contribution in [3.8, 4) is 0 Å². The molecule has 0 aliphatic carbocycles. The van der Waals surface area contributed by atoms with Gasteiger partial charge in [0.05, 0.1) is 6.54 Å². The van der Waals surface area contributed by atoms with E-state index in [0.717, 1.165) is 0 Å². The molecule has 0 aromatic carbocycles. The van der Waals surface area contributed by atoms with E-state index in [2.05, 4.69) is 35.3 Å². The average molecular weight is 252 g/mol. The van der Waals surface area contributed by atoms with Gasteiger partial charge in [-0.1, -0.05) is 0 Å². The van der Waals surface area contributed by atoms with Gasteiger partial charge < -0.3 is 15.8 Å². The maximum absolute atomic E-state index is 11.1. The second kappa shape index (κ2) is 9.02. The van der Waals surface area contributed by atoms with Crippen LogP contribution in [0.25, 0.3) is 0 Å². The second-order valence-electron chi connectivity index (χ2n) is 2.81. The summed E-state index contributed by atoms with van der Waals surface area (Å²) in [7, 11) is 0. The molecule has 0 spiro atoms. The Bertz CT molecular complexity index is 214. The molecular weight excluding hydrogens is 236 g/mol. The van der Waals surface area contributed by atoms with Gasteiger partial charge >= 0.3 is 11.9 Å². The fourth-order valence-corrected chi connectivity index (χ4v) is 1.19. The van der Waals surface area contributed by atoms with E-state index in [-0.39, 0.29) is 6.54 Å². The number of hydrogen-bond acceptors (Lipinski definition) is 7. The van der Waals surface area contributed by atoms with Gasteiger partial charge in [0.2, 0.25) is 0 Å². The first-order valence-electron chi connectivity index (χ1n) is 4.54. The summed E-state index contributed by atoms with van der Waals surface area (Å²) in [5.41, 5.74) is 5.42. The monoisotopic (exact) mass is 252 g/mol. The standard InChI is InChI=1S/C8H16N2O3S2/c9-6(1-3-14)8(12)13-7(11)5-10-2-4-15/h6,10,14-15H,1-5,9H2/t6-/m1/s1. The molecule has 0 aliphatic rings. The summed E-state index contributed by atoms with van der Waals surface area (Å²) in [6.45, 7) is 0.564. The quantitative estimate of drug-likeness (QED) is 0.207. The van der Waals surface area contributed by atoms with Crippen LogP contribution in [0.15, 0.2) is 0 Å². The van der Waals surface area contributed by atoms with E-state index in [9.17, 15) is 9.59 Å². The minimum absolute atomic E-state index is 0.0140. The van der Waals surface area contributed by atoms with Crippen LogP contribution in [-0.4, -0.2) is 42.6 Å². The van der Waals surface area contributed by atoms with Crippen LogP contribution in [-0.2, 0) is 14.3 Å². The number of rotatable bonds is 7. The minimum atomic E-state index is -0.781. The van der Waals surface area contributed by atoms with Gasteiger partial charge in [0.15, 0.2) is 0 Å². The van der Waals surface area contributed by atoms with E-state index in [1.807, 2.05) is 0 Å². The van der Waals surface area contributed by atoms with Crippen LogP contribution in [0.2, 0.25) is 0 Å². The third-order valence-corrected chi connectivity index (χ3v) is 2.00. The molecule has 0 rings (SSSR count). The van der Waals surface area contributed by atoms with Gasteiger partial charge in [-0.15, -0.1) is 0 Å². The minimum Gasteiger partial charge on any atom is -0.391 e. The molecule has 0 radical (unpaired) electrons. The highest BCUT2D eigenvalue weighted by atomic mass is 32.1. The Morgan fingerprint density at radius 2 is 2.00 bits per heavy atom. The van der Waals surface area contributed by atoms with Gasteiger partial charge in [0.1, 0.15) is 6.04 Å². The predicted octanol–water partition coefficient (Wildman–Crippen LogP) is -0.777. The van der Waals surface area contributed by atoms with Crippen molar-refractivity contribution in [3.05, 3.63) is 0 Å². The van der Waals surface area contributed by atoms with Crippen molar-refractivity contribution in [2.75, 3.05) is 24.6 Å². The van der Waals surface area contributed by atoms with Gasteiger partial charge in [-0.05, 0) is 12.2 Å². The van der Waals surface area contributed by atoms with E-state index in [0.29, 0.717) is 24.5 Å². The lowest BCUT2D eigenvalue weighted by Crippen LogP contribution is -2.36. The van der Waals surface area contributed by atoms with Gasteiger partial charge in [0, 0.05) is 12.3 Å². The van der Waals surface area contributed by atoms with E-state index in [1.54, 1.807) is 0 Å². The molecule has 0 unspecified atom stereocenters. The lowest BCUT2D eigenvalue weighted by molar-refractivity contribution is -0.159. The van der Waals surface area contributed by atoms with E-state index >= 15 is 0 Å². The molecule has 0 bridgehead atoms. The van der Waals surface area contributed by atoms with Gasteiger partial charge in [-0.2, -0.15) is 25.3 Å². The SMILES string of the molecule is N[C@H](CCS)C(=O)OC(=O)CNCCS. The summed E-state index contributed by atoms with van der Waals surface area (Å²) in [6, 6.07) is -0.781. The van der Waals surface area contributed by atoms with Crippen LogP contribution in [0.4, 0.5) is 0 Å². The van der Waals surface area contributed by atoms with E-state index < -0.39 is 18.0 Å². The molecule has 15 heavy (non-hydrogen) atoms. The lowest BCUT2D eigenvalue weighted by atomic mass is 10.2. The summed E-state index contributed by atoms with van der Waals surface area (Å²) >= 11 is 7.86. The van der Waals surface area contributed by atoms with Crippen molar-refractivity contribution in [2.45, 2.75) is 12.5 Å². The molecule has 7 heteroatoms. The van der Waals surface area contributed by atoms with Crippen molar-refractivity contribution < 1.29 is 14.3 Å². The fourth-order valence-electron chi connectivity index (χ4n) is 0.750. The van der Waals surface area contributed by atoms with Crippen LogP contribution in [0.5, 0.6) is 0 Å². The molecule has 0 amide bonds. The number of nitrogens with two attached hydrogens (primary N) is 1. The summed E-state index contributed by atoms with van der Waals surface area (Å²) < 4.78 is 4.49. The van der Waals surface area contributed by atoms with E-state index in [4.69, 9.17) is 5.73 Å². The molecule has 3 N–H and O–H groups in total. The largest absolute Gasteiger partial charge is 0.391 e. The van der Waals surface area contributed by atoms with Crippen molar-refractivity contribution in [1.82, 2.24) is 5.32 Å². The maximum atomic E-state index is 11.1. The molecule has 88 valence electrons. The van der Waals surface area contributed by atoms with Gasteiger partial charge in [-0.25, -0.2) is 4.79 Å². The Morgan fingerprint density at radius 3 is 2.53 bits per heavy atom. The van der Waals surface area contributed by atoms with Gasteiger partial charge in [-0.3, -0.25) is 4.79 Å². The first-order valence-corrected chi connectivity index (χ1v) is 5.80. The molecule has 5 nitrogen and oxygen atoms in total. The number of carbonyl (C=O) groups excluding carboxylic acids is 2. The Morgan fingerprint density at radius 1 is 1.33 bits per heavy atom. The maximum Gasteiger partial charge on any atom is 0.330 e. The molecule has 0 saturated heterocycles. The Balaban J connectivity index is 3.70. The molecule has 0 aromatic rings.